The van der Waals surface area contributed by atoms with E-state index >= 15 is 0 Å². The molecular weight excluding hydrogens is 364 g/mol. The zero-order valence-electron chi connectivity index (χ0n) is 15.3. The van der Waals surface area contributed by atoms with Gasteiger partial charge in [0.05, 0.1) is 16.3 Å². The van der Waals surface area contributed by atoms with Crippen LogP contribution in [0, 0.1) is 5.92 Å². The van der Waals surface area contributed by atoms with E-state index in [4.69, 9.17) is 5.11 Å². The second-order valence-electron chi connectivity index (χ2n) is 7.14. The Labute approximate surface area is 159 Å². The normalized spacial score (nSPS) is 16.0. The molecule has 1 aromatic heterocycles. The van der Waals surface area contributed by atoms with Crippen LogP contribution in [0.5, 0.6) is 0 Å². The van der Waals surface area contributed by atoms with Gasteiger partial charge in [0, 0.05) is 23.5 Å². The summed E-state index contributed by atoms with van der Waals surface area (Å²) in [6, 6.07) is 6.66. The van der Waals surface area contributed by atoms with Gasteiger partial charge in [-0.15, -0.1) is 0 Å². The predicted molar refractivity (Wildman–Crippen MR) is 104 cm³/mol. The number of rotatable bonds is 6. The number of carboxylic acid groups (broad SMARTS) is 1. The minimum atomic E-state index is -3.25. The summed E-state index contributed by atoms with van der Waals surface area (Å²) >= 11 is 0. The first kappa shape index (κ1) is 19.4. The molecule has 1 heterocycles. The molecule has 2 N–H and O–H groups in total. The fraction of sp³-hybridized carbons (Fsp3) is 0.400. The maximum Gasteiger partial charge on any atom is 0.328 e. The summed E-state index contributed by atoms with van der Waals surface area (Å²) in [6.07, 6.45) is 10.7. The molecule has 1 aliphatic carbocycles. The van der Waals surface area contributed by atoms with E-state index in [0.29, 0.717) is 11.6 Å². The van der Waals surface area contributed by atoms with E-state index in [1.165, 1.54) is 38.4 Å². The van der Waals surface area contributed by atoms with Crippen molar-refractivity contribution in [1.29, 1.82) is 0 Å². The number of aromatic nitrogens is 2. The highest BCUT2D eigenvalue weighted by Crippen LogP contribution is 2.32. The lowest BCUT2D eigenvalue weighted by Crippen LogP contribution is -2.10. The molecule has 1 aliphatic rings. The summed E-state index contributed by atoms with van der Waals surface area (Å²) in [7, 11) is -3.25. The quantitative estimate of drug-likeness (QED) is 0.735. The second-order valence-corrected chi connectivity index (χ2v) is 9.16. The maximum absolute atomic E-state index is 11.7. The molecule has 0 radical (unpaired) electrons. The summed E-state index contributed by atoms with van der Waals surface area (Å²) in [5, 5.41) is 16.3. The van der Waals surface area contributed by atoms with E-state index in [0.717, 1.165) is 29.3 Å². The van der Waals surface area contributed by atoms with Crippen LogP contribution in [0.25, 0.3) is 17.3 Å². The number of aromatic amines is 1. The molecule has 0 aliphatic heterocycles. The number of sulfone groups is 1. The fourth-order valence-electron chi connectivity index (χ4n) is 3.66. The minimum Gasteiger partial charge on any atom is -0.478 e. The first-order valence-corrected chi connectivity index (χ1v) is 11.0. The van der Waals surface area contributed by atoms with Crippen LogP contribution >= 0.6 is 0 Å². The van der Waals surface area contributed by atoms with E-state index in [-0.39, 0.29) is 4.90 Å². The van der Waals surface area contributed by atoms with Gasteiger partial charge in [0.2, 0.25) is 0 Å². The van der Waals surface area contributed by atoms with Crippen molar-refractivity contribution >= 4 is 21.9 Å². The predicted octanol–water partition coefficient (Wildman–Crippen LogP) is 3.70. The van der Waals surface area contributed by atoms with Gasteiger partial charge in [-0.1, -0.05) is 44.2 Å². The molecule has 0 spiro atoms. The smallest absolute Gasteiger partial charge is 0.328 e. The van der Waals surface area contributed by atoms with Crippen molar-refractivity contribution in [3.05, 3.63) is 41.6 Å². The zero-order chi connectivity index (χ0) is 19.4. The molecule has 3 rings (SSSR count). The van der Waals surface area contributed by atoms with Gasteiger partial charge in [-0.05, 0) is 30.5 Å². The third kappa shape index (κ3) is 4.86. The van der Waals surface area contributed by atoms with E-state index in [1.807, 2.05) is 0 Å². The van der Waals surface area contributed by atoms with Crippen LogP contribution in [0.3, 0.4) is 0 Å². The lowest BCUT2D eigenvalue weighted by molar-refractivity contribution is -0.131. The average molecular weight is 388 g/mol. The van der Waals surface area contributed by atoms with Gasteiger partial charge in [-0.2, -0.15) is 5.10 Å². The molecule has 1 saturated carbocycles. The minimum absolute atomic E-state index is 0.265. The lowest BCUT2D eigenvalue weighted by Gasteiger charge is -2.21. The Kier molecular flexibility index (Phi) is 5.79. The SMILES string of the molecule is CS(=O)(=O)c1ccc(-c2n[nH]c(/C=C/C(=O)O)c2CC2CCCCC2)cc1. The van der Waals surface area contributed by atoms with Crippen LogP contribution in [-0.2, 0) is 21.1 Å². The standard InChI is InChI=1S/C20H24N2O4S/c1-27(25,26)16-9-7-15(8-10-16)20-17(13-14-5-3-2-4-6-14)18(21-22-20)11-12-19(23)24/h7-12,14H,2-6,13H2,1H3,(H,21,22)(H,23,24)/b12-11+. The average Bonchev–Trinajstić information content (AvgIpc) is 3.03. The largest absolute Gasteiger partial charge is 0.478 e. The van der Waals surface area contributed by atoms with Crippen molar-refractivity contribution in [3.8, 4) is 11.3 Å². The Morgan fingerprint density at radius 2 is 1.89 bits per heavy atom. The van der Waals surface area contributed by atoms with Gasteiger partial charge in [0.1, 0.15) is 0 Å². The monoisotopic (exact) mass is 388 g/mol. The number of hydrogen-bond acceptors (Lipinski definition) is 4. The fourth-order valence-corrected chi connectivity index (χ4v) is 4.29. The van der Waals surface area contributed by atoms with Crippen molar-refractivity contribution in [2.75, 3.05) is 6.26 Å². The van der Waals surface area contributed by atoms with Gasteiger partial charge in [0.15, 0.2) is 9.84 Å². The molecule has 7 heteroatoms. The van der Waals surface area contributed by atoms with Crippen molar-refractivity contribution < 1.29 is 18.3 Å². The third-order valence-electron chi connectivity index (χ3n) is 5.07. The van der Waals surface area contributed by atoms with E-state index in [2.05, 4.69) is 10.2 Å². The molecule has 1 aromatic carbocycles. The maximum atomic E-state index is 11.7. The molecular formula is C20H24N2O4S. The number of hydrogen-bond donors (Lipinski definition) is 2. The van der Waals surface area contributed by atoms with Crippen molar-refractivity contribution in [2.45, 2.75) is 43.4 Å². The third-order valence-corrected chi connectivity index (χ3v) is 6.19. The van der Waals surface area contributed by atoms with Crippen LogP contribution < -0.4 is 0 Å². The van der Waals surface area contributed by atoms with Crippen molar-refractivity contribution in [1.82, 2.24) is 10.2 Å². The molecule has 0 unspecified atom stereocenters. The Morgan fingerprint density at radius 3 is 2.48 bits per heavy atom. The Morgan fingerprint density at radius 1 is 1.22 bits per heavy atom. The number of H-pyrrole nitrogens is 1. The molecule has 0 atom stereocenters. The van der Waals surface area contributed by atoms with Crippen molar-refractivity contribution in [2.24, 2.45) is 5.92 Å². The topological polar surface area (TPSA) is 100 Å². The van der Waals surface area contributed by atoms with Gasteiger partial charge in [-0.25, -0.2) is 13.2 Å². The highest BCUT2D eigenvalue weighted by molar-refractivity contribution is 7.90. The summed E-state index contributed by atoms with van der Waals surface area (Å²) < 4.78 is 23.4. The number of aliphatic carboxylic acids is 1. The number of carboxylic acids is 1. The van der Waals surface area contributed by atoms with Gasteiger partial charge in [0.25, 0.3) is 0 Å². The summed E-state index contributed by atoms with van der Waals surface area (Å²) in [6.45, 7) is 0. The molecule has 2 aromatic rings. The molecule has 0 saturated heterocycles. The summed E-state index contributed by atoms with van der Waals surface area (Å²) in [4.78, 5) is 11.2. The second kappa shape index (κ2) is 8.08. The summed E-state index contributed by atoms with van der Waals surface area (Å²) in [5.74, 6) is -0.449. The van der Waals surface area contributed by atoms with Crippen LogP contribution in [0.15, 0.2) is 35.2 Å². The van der Waals surface area contributed by atoms with Crippen LogP contribution in [0.4, 0.5) is 0 Å². The molecule has 27 heavy (non-hydrogen) atoms. The van der Waals surface area contributed by atoms with Crippen LogP contribution in [0.2, 0.25) is 0 Å². The first-order valence-electron chi connectivity index (χ1n) is 9.13. The van der Waals surface area contributed by atoms with Crippen LogP contribution in [0.1, 0.15) is 43.4 Å². The molecule has 6 nitrogen and oxygen atoms in total. The molecule has 0 bridgehead atoms. The number of benzene rings is 1. The van der Waals surface area contributed by atoms with E-state index in [1.54, 1.807) is 30.3 Å². The summed E-state index contributed by atoms with van der Waals surface area (Å²) in [5.41, 5.74) is 3.27. The number of nitrogens with zero attached hydrogens (tertiary/aromatic N) is 1. The van der Waals surface area contributed by atoms with E-state index < -0.39 is 15.8 Å². The van der Waals surface area contributed by atoms with Crippen molar-refractivity contribution in [3.63, 3.8) is 0 Å². The number of carbonyl (C=O) groups is 1. The van der Waals surface area contributed by atoms with Crippen LogP contribution in [-0.4, -0.2) is 35.9 Å². The number of nitrogens with one attached hydrogen (secondary N) is 1. The highest BCUT2D eigenvalue weighted by atomic mass is 32.2. The van der Waals surface area contributed by atoms with E-state index in [9.17, 15) is 13.2 Å². The highest BCUT2D eigenvalue weighted by Gasteiger charge is 2.20. The molecule has 0 amide bonds. The molecule has 144 valence electrons. The first-order chi connectivity index (χ1) is 12.8. The zero-order valence-corrected chi connectivity index (χ0v) is 16.1. The Bertz CT molecular complexity index is 937. The Balaban J connectivity index is 1.97. The molecule has 1 fully saturated rings. The van der Waals surface area contributed by atoms with Gasteiger partial charge >= 0.3 is 5.97 Å². The lowest BCUT2D eigenvalue weighted by atomic mass is 9.84. The van der Waals surface area contributed by atoms with Gasteiger partial charge < -0.3 is 5.11 Å². The Hall–Kier alpha value is -2.41. The van der Waals surface area contributed by atoms with Gasteiger partial charge in [-0.3, -0.25) is 5.10 Å².